The zero-order valence-corrected chi connectivity index (χ0v) is 10.9. The van der Waals surface area contributed by atoms with E-state index in [9.17, 15) is 4.79 Å². The Balaban J connectivity index is 2.06. The fourth-order valence-electron chi connectivity index (χ4n) is 2.35. The second-order valence-electron chi connectivity index (χ2n) is 4.76. The topological polar surface area (TPSA) is 58.4 Å². The molecule has 0 unspecified atom stereocenters. The molecule has 1 heterocycles. The minimum atomic E-state index is 0.0986. The summed E-state index contributed by atoms with van der Waals surface area (Å²) in [6, 6.07) is 5.95. The quantitative estimate of drug-likeness (QED) is 0.794. The van der Waals surface area contributed by atoms with Gasteiger partial charge in [-0.05, 0) is 43.0 Å². The number of rotatable bonds is 4. The summed E-state index contributed by atoms with van der Waals surface area (Å²) >= 11 is 0. The molecule has 3 N–H and O–H groups in total. The normalized spacial score (nSPS) is 14.2. The highest BCUT2D eigenvalue weighted by Crippen LogP contribution is 2.28. The highest BCUT2D eigenvalue weighted by Gasteiger charge is 2.18. The number of carbonyl (C=O) groups is 1. The van der Waals surface area contributed by atoms with Gasteiger partial charge in [0.05, 0.1) is 6.54 Å². The van der Waals surface area contributed by atoms with E-state index in [0.717, 1.165) is 43.7 Å². The molecule has 0 spiro atoms. The summed E-state index contributed by atoms with van der Waals surface area (Å²) in [7, 11) is 0. The third-order valence-electron chi connectivity index (χ3n) is 3.23. The molecule has 0 saturated carbocycles. The van der Waals surface area contributed by atoms with Gasteiger partial charge in [0.15, 0.2) is 0 Å². The second kappa shape index (κ2) is 5.76. The number of benzene rings is 1. The van der Waals surface area contributed by atoms with Crippen LogP contribution >= 0.6 is 0 Å². The number of amides is 1. The number of hydrogen-bond donors (Lipinski definition) is 2. The first-order valence-corrected chi connectivity index (χ1v) is 6.60. The Bertz CT molecular complexity index is 431. The number of nitrogen functional groups attached to an aromatic ring is 1. The molecule has 0 saturated heterocycles. The van der Waals surface area contributed by atoms with Crippen molar-refractivity contribution in [3.05, 3.63) is 23.8 Å². The van der Waals surface area contributed by atoms with E-state index in [-0.39, 0.29) is 5.91 Å². The third kappa shape index (κ3) is 2.94. The standard InChI is InChI=1S/C14H21N3O/c1-2-7-16-14(18)10-17-8-3-4-11-9-12(15)5-6-13(11)17/h5-6,9H,2-4,7-8,10,15H2,1H3,(H,16,18). The molecule has 4 heteroatoms. The van der Waals surface area contributed by atoms with E-state index in [2.05, 4.69) is 17.1 Å². The van der Waals surface area contributed by atoms with Gasteiger partial charge in [-0.2, -0.15) is 0 Å². The van der Waals surface area contributed by atoms with Crippen LogP contribution in [0.25, 0.3) is 0 Å². The molecule has 0 atom stereocenters. The Morgan fingerprint density at radius 2 is 2.33 bits per heavy atom. The van der Waals surface area contributed by atoms with Crippen LogP contribution in [0.3, 0.4) is 0 Å². The molecule has 4 nitrogen and oxygen atoms in total. The van der Waals surface area contributed by atoms with Gasteiger partial charge in [-0.25, -0.2) is 0 Å². The third-order valence-corrected chi connectivity index (χ3v) is 3.23. The summed E-state index contributed by atoms with van der Waals surface area (Å²) in [6.45, 7) is 4.19. The largest absolute Gasteiger partial charge is 0.399 e. The van der Waals surface area contributed by atoms with E-state index < -0.39 is 0 Å². The monoisotopic (exact) mass is 247 g/mol. The summed E-state index contributed by atoms with van der Waals surface area (Å²) in [4.78, 5) is 13.9. The lowest BCUT2D eigenvalue weighted by Crippen LogP contribution is -2.40. The van der Waals surface area contributed by atoms with E-state index in [1.165, 1.54) is 5.56 Å². The van der Waals surface area contributed by atoms with E-state index in [1.807, 2.05) is 18.2 Å². The summed E-state index contributed by atoms with van der Waals surface area (Å²) in [6.07, 6.45) is 3.10. The van der Waals surface area contributed by atoms with Gasteiger partial charge in [-0.15, -0.1) is 0 Å². The van der Waals surface area contributed by atoms with Crippen molar-refractivity contribution in [1.82, 2.24) is 5.32 Å². The van der Waals surface area contributed by atoms with Crippen LogP contribution in [0.2, 0.25) is 0 Å². The van der Waals surface area contributed by atoms with Gasteiger partial charge in [-0.1, -0.05) is 6.92 Å². The summed E-state index contributed by atoms with van der Waals surface area (Å²) in [5.41, 5.74) is 9.00. The maximum Gasteiger partial charge on any atom is 0.239 e. The van der Waals surface area contributed by atoms with Gasteiger partial charge in [0.2, 0.25) is 5.91 Å². The predicted molar refractivity (Wildman–Crippen MR) is 74.7 cm³/mol. The maximum absolute atomic E-state index is 11.8. The molecule has 0 bridgehead atoms. The molecule has 1 aliphatic rings. The van der Waals surface area contributed by atoms with Crippen molar-refractivity contribution >= 4 is 17.3 Å². The SMILES string of the molecule is CCCNC(=O)CN1CCCc2cc(N)ccc21. The lowest BCUT2D eigenvalue weighted by Gasteiger charge is -2.30. The van der Waals surface area contributed by atoms with Crippen molar-refractivity contribution in [3.8, 4) is 0 Å². The number of anilines is 2. The number of carbonyl (C=O) groups excluding carboxylic acids is 1. The van der Waals surface area contributed by atoms with Gasteiger partial charge in [-0.3, -0.25) is 4.79 Å². The minimum absolute atomic E-state index is 0.0986. The zero-order chi connectivity index (χ0) is 13.0. The van der Waals surface area contributed by atoms with Crippen LogP contribution in [0.1, 0.15) is 25.3 Å². The first-order chi connectivity index (χ1) is 8.70. The van der Waals surface area contributed by atoms with Crippen molar-refractivity contribution in [2.45, 2.75) is 26.2 Å². The molecule has 2 rings (SSSR count). The number of aryl methyl sites for hydroxylation is 1. The smallest absolute Gasteiger partial charge is 0.239 e. The molecule has 0 fully saturated rings. The lowest BCUT2D eigenvalue weighted by molar-refractivity contribution is -0.119. The Morgan fingerprint density at radius 1 is 1.50 bits per heavy atom. The van der Waals surface area contributed by atoms with Crippen molar-refractivity contribution in [3.63, 3.8) is 0 Å². The Morgan fingerprint density at radius 3 is 3.11 bits per heavy atom. The highest BCUT2D eigenvalue weighted by molar-refractivity contribution is 5.82. The Kier molecular flexibility index (Phi) is 4.07. The van der Waals surface area contributed by atoms with Gasteiger partial charge in [0, 0.05) is 24.5 Å². The van der Waals surface area contributed by atoms with E-state index in [0.29, 0.717) is 6.54 Å². The maximum atomic E-state index is 11.8. The fourth-order valence-corrected chi connectivity index (χ4v) is 2.35. The van der Waals surface area contributed by atoms with Crippen LogP contribution < -0.4 is 16.0 Å². The lowest BCUT2D eigenvalue weighted by atomic mass is 10.0. The van der Waals surface area contributed by atoms with Gasteiger partial charge in [0.1, 0.15) is 0 Å². The number of nitrogens with one attached hydrogen (secondary N) is 1. The zero-order valence-electron chi connectivity index (χ0n) is 10.9. The molecule has 1 aromatic rings. The first kappa shape index (κ1) is 12.7. The van der Waals surface area contributed by atoms with Gasteiger partial charge >= 0.3 is 0 Å². The molecule has 1 amide bonds. The Labute approximate surface area is 108 Å². The molecule has 0 radical (unpaired) electrons. The van der Waals surface area contributed by atoms with Gasteiger partial charge in [0.25, 0.3) is 0 Å². The average molecular weight is 247 g/mol. The molecular weight excluding hydrogens is 226 g/mol. The summed E-state index contributed by atoms with van der Waals surface area (Å²) in [5.74, 6) is 0.0986. The molecule has 0 aromatic heterocycles. The average Bonchev–Trinajstić information content (AvgIpc) is 2.36. The van der Waals surface area contributed by atoms with Crippen LogP contribution in [0.4, 0.5) is 11.4 Å². The van der Waals surface area contributed by atoms with Crippen LogP contribution in [0, 0.1) is 0 Å². The van der Waals surface area contributed by atoms with E-state index in [4.69, 9.17) is 5.73 Å². The molecule has 0 aliphatic carbocycles. The van der Waals surface area contributed by atoms with Crippen LogP contribution in [-0.4, -0.2) is 25.5 Å². The predicted octanol–water partition coefficient (Wildman–Crippen LogP) is 1.55. The van der Waals surface area contributed by atoms with Crippen LogP contribution in [-0.2, 0) is 11.2 Å². The van der Waals surface area contributed by atoms with Crippen molar-refractivity contribution < 1.29 is 4.79 Å². The van der Waals surface area contributed by atoms with Crippen molar-refractivity contribution in [2.75, 3.05) is 30.3 Å². The molecular formula is C14H21N3O. The van der Waals surface area contributed by atoms with Crippen LogP contribution in [0.5, 0.6) is 0 Å². The first-order valence-electron chi connectivity index (χ1n) is 6.60. The fraction of sp³-hybridized carbons (Fsp3) is 0.500. The number of nitrogens with two attached hydrogens (primary N) is 1. The number of fused-ring (bicyclic) bond motifs is 1. The van der Waals surface area contributed by atoms with E-state index in [1.54, 1.807) is 0 Å². The number of hydrogen-bond acceptors (Lipinski definition) is 3. The Hall–Kier alpha value is -1.71. The molecule has 1 aromatic carbocycles. The summed E-state index contributed by atoms with van der Waals surface area (Å²) < 4.78 is 0. The van der Waals surface area contributed by atoms with Crippen LogP contribution in [0.15, 0.2) is 18.2 Å². The van der Waals surface area contributed by atoms with Crippen molar-refractivity contribution in [2.24, 2.45) is 0 Å². The highest BCUT2D eigenvalue weighted by atomic mass is 16.2. The summed E-state index contributed by atoms with van der Waals surface area (Å²) in [5, 5.41) is 2.92. The van der Waals surface area contributed by atoms with Crippen molar-refractivity contribution in [1.29, 1.82) is 0 Å². The second-order valence-corrected chi connectivity index (χ2v) is 4.76. The van der Waals surface area contributed by atoms with Gasteiger partial charge < -0.3 is 16.0 Å². The van der Waals surface area contributed by atoms with E-state index >= 15 is 0 Å². The molecule has 98 valence electrons. The molecule has 18 heavy (non-hydrogen) atoms. The number of nitrogens with zero attached hydrogens (tertiary/aromatic N) is 1. The molecule has 1 aliphatic heterocycles. The minimum Gasteiger partial charge on any atom is -0.399 e.